The van der Waals surface area contributed by atoms with Gasteiger partial charge in [-0.1, -0.05) is 145 Å². The molecule has 0 aliphatic carbocycles. The Morgan fingerprint density at radius 2 is 1.08 bits per heavy atom. The quantitative estimate of drug-likeness (QED) is 0.0279. The van der Waals surface area contributed by atoms with Gasteiger partial charge in [-0.15, -0.1) is 0 Å². The van der Waals surface area contributed by atoms with Gasteiger partial charge < -0.3 is 20.1 Å². The summed E-state index contributed by atoms with van der Waals surface area (Å²) in [6.07, 6.45) is 42.5. The molecule has 1 unspecified atom stereocenters. The van der Waals surface area contributed by atoms with E-state index < -0.39 is 32.5 Å². The number of phosphoric ester groups is 1. The van der Waals surface area contributed by atoms with Crippen LogP contribution in [0, 0.1) is 0 Å². The van der Waals surface area contributed by atoms with Crippen LogP contribution in [-0.4, -0.2) is 49.3 Å². The lowest BCUT2D eigenvalue weighted by Crippen LogP contribution is -2.29. The molecule has 0 aromatic heterocycles. The SMILES string of the molecule is CC/C=C/C/C=C/C/C=C/C/C=C/C/C=C/CCCCCC(=O)OC[C@@H](COP(=O)(O)OCCN)OC(=O)CCCCCCCCCCCCC. The zero-order valence-corrected chi connectivity index (χ0v) is 33.0. The Balaban J connectivity index is 4.25. The fraction of sp³-hybridized carbons (Fsp3) is 0.707. The maximum Gasteiger partial charge on any atom is 0.472 e. The van der Waals surface area contributed by atoms with E-state index in [1.807, 2.05) is 0 Å². The lowest BCUT2D eigenvalue weighted by Gasteiger charge is -2.19. The Labute approximate surface area is 310 Å². The number of ether oxygens (including phenoxy) is 2. The molecular formula is C41H72NO8P. The minimum atomic E-state index is -4.38. The lowest BCUT2D eigenvalue weighted by atomic mass is 10.1. The van der Waals surface area contributed by atoms with Crippen molar-refractivity contribution in [2.45, 2.75) is 161 Å². The third kappa shape index (κ3) is 37.3. The molecule has 0 aromatic carbocycles. The van der Waals surface area contributed by atoms with E-state index in [-0.39, 0.29) is 32.6 Å². The minimum absolute atomic E-state index is 0.0468. The Morgan fingerprint density at radius 3 is 1.61 bits per heavy atom. The average Bonchev–Trinajstić information content (AvgIpc) is 3.11. The third-order valence-corrected chi connectivity index (χ3v) is 8.90. The van der Waals surface area contributed by atoms with E-state index in [1.54, 1.807) is 0 Å². The van der Waals surface area contributed by atoms with E-state index in [4.69, 9.17) is 24.3 Å². The Hall–Kier alpha value is -2.29. The van der Waals surface area contributed by atoms with Gasteiger partial charge in [0.25, 0.3) is 0 Å². The molecule has 0 aromatic rings. The molecule has 0 aliphatic heterocycles. The van der Waals surface area contributed by atoms with Crippen LogP contribution in [0.2, 0.25) is 0 Å². The predicted molar refractivity (Wildman–Crippen MR) is 210 cm³/mol. The van der Waals surface area contributed by atoms with E-state index >= 15 is 0 Å². The normalized spacial score (nSPS) is 14.0. The highest BCUT2D eigenvalue weighted by atomic mass is 31.2. The summed E-state index contributed by atoms with van der Waals surface area (Å²) in [6.45, 7) is 3.55. The number of nitrogens with two attached hydrogens (primary N) is 1. The van der Waals surface area contributed by atoms with Crippen LogP contribution in [-0.2, 0) is 32.7 Å². The maximum absolute atomic E-state index is 12.5. The number of phosphoric acid groups is 1. The van der Waals surface area contributed by atoms with Crippen molar-refractivity contribution in [3.8, 4) is 0 Å². The average molecular weight is 738 g/mol. The van der Waals surface area contributed by atoms with Crippen LogP contribution in [0.25, 0.3) is 0 Å². The van der Waals surface area contributed by atoms with E-state index in [1.165, 1.54) is 44.9 Å². The second-order valence-electron chi connectivity index (χ2n) is 12.8. The van der Waals surface area contributed by atoms with Crippen LogP contribution in [0.5, 0.6) is 0 Å². The molecule has 0 saturated carbocycles. The summed E-state index contributed by atoms with van der Waals surface area (Å²) in [5.41, 5.74) is 5.33. The van der Waals surface area contributed by atoms with E-state index in [0.29, 0.717) is 12.8 Å². The molecule has 2 atom stereocenters. The zero-order valence-electron chi connectivity index (χ0n) is 32.1. The van der Waals surface area contributed by atoms with Gasteiger partial charge in [0, 0.05) is 19.4 Å². The molecule has 0 bridgehead atoms. The molecule has 294 valence electrons. The summed E-state index contributed by atoms with van der Waals surface area (Å²) in [5, 5.41) is 0. The molecule has 0 fully saturated rings. The van der Waals surface area contributed by atoms with E-state index in [2.05, 4.69) is 74.6 Å². The lowest BCUT2D eigenvalue weighted by molar-refractivity contribution is -0.161. The van der Waals surface area contributed by atoms with Crippen molar-refractivity contribution in [3.63, 3.8) is 0 Å². The highest BCUT2D eigenvalue weighted by molar-refractivity contribution is 7.47. The molecular weight excluding hydrogens is 665 g/mol. The smallest absolute Gasteiger partial charge is 0.462 e. The van der Waals surface area contributed by atoms with Crippen LogP contribution in [0.3, 0.4) is 0 Å². The van der Waals surface area contributed by atoms with Gasteiger partial charge in [-0.2, -0.15) is 0 Å². The number of carbonyl (C=O) groups excluding carboxylic acids is 2. The molecule has 10 heteroatoms. The van der Waals surface area contributed by atoms with Crippen LogP contribution in [0.15, 0.2) is 60.8 Å². The molecule has 51 heavy (non-hydrogen) atoms. The first-order valence-corrected chi connectivity index (χ1v) is 21.3. The standard InChI is InChI=1S/C41H72NO8P/c1-3-5-7-9-11-13-15-16-17-18-19-20-21-22-24-25-27-29-31-33-40(43)47-37-39(38-49-51(45,46)48-36-35-42)50-41(44)34-32-30-28-26-23-14-12-10-8-6-4-2/h5,7,11,13,16-17,19-20,22,24,39H,3-4,6,8-10,12,14-15,18,21,23,25-38,42H2,1-2H3,(H,45,46)/b7-5+,13-11+,17-16+,20-19+,24-22+/t39-/m0/s1. The van der Waals surface area contributed by atoms with Gasteiger partial charge in [-0.25, -0.2) is 4.57 Å². The summed E-state index contributed by atoms with van der Waals surface area (Å²) in [5.74, 6) is -0.871. The highest BCUT2D eigenvalue weighted by Crippen LogP contribution is 2.43. The number of rotatable bonds is 36. The van der Waals surface area contributed by atoms with E-state index in [9.17, 15) is 19.0 Å². The molecule has 0 aliphatic rings. The first-order valence-electron chi connectivity index (χ1n) is 19.8. The number of hydrogen-bond donors (Lipinski definition) is 2. The predicted octanol–water partition coefficient (Wildman–Crippen LogP) is 10.9. The van der Waals surface area contributed by atoms with Crippen molar-refractivity contribution < 1.29 is 37.6 Å². The van der Waals surface area contributed by atoms with Gasteiger partial charge in [0.05, 0.1) is 13.2 Å². The van der Waals surface area contributed by atoms with Crippen molar-refractivity contribution in [1.82, 2.24) is 0 Å². The topological polar surface area (TPSA) is 134 Å². The van der Waals surface area contributed by atoms with Crippen molar-refractivity contribution >= 4 is 19.8 Å². The van der Waals surface area contributed by atoms with Gasteiger partial charge in [0.15, 0.2) is 6.10 Å². The third-order valence-electron chi connectivity index (χ3n) is 7.92. The van der Waals surface area contributed by atoms with Gasteiger partial charge in [-0.05, 0) is 57.8 Å². The molecule has 0 radical (unpaired) electrons. The number of allylic oxidation sites excluding steroid dienone is 10. The monoisotopic (exact) mass is 737 g/mol. The molecule has 0 heterocycles. The van der Waals surface area contributed by atoms with Crippen LogP contribution < -0.4 is 5.73 Å². The van der Waals surface area contributed by atoms with Gasteiger partial charge in [-0.3, -0.25) is 18.6 Å². The first kappa shape index (κ1) is 48.7. The van der Waals surface area contributed by atoms with Gasteiger partial charge in [0.2, 0.25) is 0 Å². The molecule has 3 N–H and O–H groups in total. The summed E-state index contributed by atoms with van der Waals surface area (Å²) in [6, 6.07) is 0. The van der Waals surface area contributed by atoms with Crippen LogP contribution >= 0.6 is 7.82 Å². The second kappa shape index (κ2) is 37.5. The van der Waals surface area contributed by atoms with Crippen molar-refractivity contribution in [1.29, 1.82) is 0 Å². The largest absolute Gasteiger partial charge is 0.472 e. The number of carbonyl (C=O) groups is 2. The highest BCUT2D eigenvalue weighted by Gasteiger charge is 2.25. The summed E-state index contributed by atoms with van der Waals surface area (Å²) >= 11 is 0. The van der Waals surface area contributed by atoms with Crippen LogP contribution in [0.1, 0.15) is 155 Å². The van der Waals surface area contributed by atoms with Crippen molar-refractivity contribution in [2.24, 2.45) is 5.73 Å². The number of esters is 2. The molecule has 0 spiro atoms. The second-order valence-corrected chi connectivity index (χ2v) is 14.2. The number of unbranched alkanes of at least 4 members (excludes halogenated alkanes) is 13. The minimum Gasteiger partial charge on any atom is -0.462 e. The zero-order chi connectivity index (χ0) is 37.5. The fourth-order valence-corrected chi connectivity index (χ4v) is 5.78. The van der Waals surface area contributed by atoms with Crippen molar-refractivity contribution in [2.75, 3.05) is 26.4 Å². The first-order chi connectivity index (χ1) is 24.8. The fourth-order valence-electron chi connectivity index (χ4n) is 5.01. The molecule has 0 amide bonds. The van der Waals surface area contributed by atoms with Crippen molar-refractivity contribution in [3.05, 3.63) is 60.8 Å². The van der Waals surface area contributed by atoms with E-state index in [0.717, 1.165) is 70.6 Å². The molecule has 9 nitrogen and oxygen atoms in total. The summed E-state index contributed by atoms with van der Waals surface area (Å²) in [7, 11) is -4.38. The summed E-state index contributed by atoms with van der Waals surface area (Å²) < 4.78 is 32.6. The maximum atomic E-state index is 12.5. The van der Waals surface area contributed by atoms with Gasteiger partial charge in [0.1, 0.15) is 6.61 Å². The number of hydrogen-bond acceptors (Lipinski definition) is 8. The van der Waals surface area contributed by atoms with Gasteiger partial charge >= 0.3 is 19.8 Å². The summed E-state index contributed by atoms with van der Waals surface area (Å²) in [4.78, 5) is 34.7. The Morgan fingerprint density at radius 1 is 0.608 bits per heavy atom. The van der Waals surface area contributed by atoms with Crippen LogP contribution in [0.4, 0.5) is 0 Å². The Kier molecular flexibility index (Phi) is 35.8. The Bertz CT molecular complexity index is 1020. The molecule has 0 saturated heterocycles. The molecule has 0 rings (SSSR count).